The Morgan fingerprint density at radius 1 is 1.38 bits per heavy atom. The number of carbonyl (C=O) groups is 2. The molecule has 0 spiro atoms. The van der Waals surface area contributed by atoms with Crippen molar-refractivity contribution in [2.45, 2.75) is 13.8 Å². The number of carboxylic acids is 1. The van der Waals surface area contributed by atoms with E-state index in [1.54, 1.807) is 25.5 Å². The topological polar surface area (TPSA) is 59.3 Å². The molecule has 0 unspecified atom stereocenters. The molecule has 4 heteroatoms. The summed E-state index contributed by atoms with van der Waals surface area (Å²) in [5.74, 6) is -1.05. The Balaban J connectivity index is 3.57. The van der Waals surface area contributed by atoms with Gasteiger partial charge in [-0.25, -0.2) is 4.79 Å². The first-order valence-electron chi connectivity index (χ1n) is 3.85. The molecule has 0 aliphatic heterocycles. The molecular formula is C9H11NO3. The van der Waals surface area contributed by atoms with Crippen molar-refractivity contribution in [3.05, 3.63) is 22.5 Å². The summed E-state index contributed by atoms with van der Waals surface area (Å²) in [7, 11) is 1.74. The lowest BCUT2D eigenvalue weighted by molar-refractivity contribution is 0.0693. The number of rotatable bonds is 2. The molecule has 0 aliphatic carbocycles. The van der Waals surface area contributed by atoms with Gasteiger partial charge >= 0.3 is 5.97 Å². The molecule has 1 aromatic heterocycles. The lowest BCUT2D eigenvalue weighted by atomic mass is 10.1. The summed E-state index contributed by atoms with van der Waals surface area (Å²) in [4.78, 5) is 21.4. The van der Waals surface area contributed by atoms with Gasteiger partial charge in [0.05, 0.1) is 5.56 Å². The maximum Gasteiger partial charge on any atom is 0.338 e. The average Bonchev–Trinajstić information content (AvgIpc) is 2.29. The summed E-state index contributed by atoms with van der Waals surface area (Å²) in [5.41, 5.74) is 1.67. The van der Waals surface area contributed by atoms with Crippen molar-refractivity contribution in [1.82, 2.24) is 4.57 Å². The molecule has 1 aromatic rings. The van der Waals surface area contributed by atoms with E-state index in [1.165, 1.54) is 0 Å². The second kappa shape index (κ2) is 3.05. The molecule has 0 radical (unpaired) electrons. The van der Waals surface area contributed by atoms with Gasteiger partial charge in [-0.15, -0.1) is 0 Å². The standard InChI is InChI=1S/C9H11NO3/c1-5-7(4-11)8(9(12)13)6(2)10(5)3/h4H,1-3H3,(H,12,13). The minimum Gasteiger partial charge on any atom is -0.478 e. The third-order valence-electron chi connectivity index (χ3n) is 2.36. The van der Waals surface area contributed by atoms with Crippen molar-refractivity contribution < 1.29 is 14.7 Å². The summed E-state index contributed by atoms with van der Waals surface area (Å²) in [5, 5.41) is 8.84. The third kappa shape index (κ3) is 1.24. The van der Waals surface area contributed by atoms with Crippen molar-refractivity contribution in [3.63, 3.8) is 0 Å². The fraction of sp³-hybridized carbons (Fsp3) is 0.333. The predicted molar refractivity (Wildman–Crippen MR) is 47.2 cm³/mol. The second-order valence-electron chi connectivity index (χ2n) is 2.94. The summed E-state index contributed by atoms with van der Waals surface area (Å²) in [6.07, 6.45) is 0.589. The van der Waals surface area contributed by atoms with Crippen molar-refractivity contribution in [2.24, 2.45) is 7.05 Å². The van der Waals surface area contributed by atoms with Gasteiger partial charge in [0.15, 0.2) is 6.29 Å². The quantitative estimate of drug-likeness (QED) is 0.696. The van der Waals surface area contributed by atoms with Crippen LogP contribution in [0.5, 0.6) is 0 Å². The Morgan fingerprint density at radius 3 is 2.23 bits per heavy atom. The number of carboxylic acid groups (broad SMARTS) is 1. The van der Waals surface area contributed by atoms with Gasteiger partial charge in [0.25, 0.3) is 0 Å². The molecule has 1 rings (SSSR count). The van der Waals surface area contributed by atoms with Crippen LogP contribution in [0.4, 0.5) is 0 Å². The summed E-state index contributed by atoms with van der Waals surface area (Å²) < 4.78 is 1.70. The van der Waals surface area contributed by atoms with E-state index in [0.29, 0.717) is 17.7 Å². The number of nitrogens with zero attached hydrogens (tertiary/aromatic N) is 1. The van der Waals surface area contributed by atoms with Crippen LogP contribution in [0.1, 0.15) is 32.1 Å². The lowest BCUT2D eigenvalue weighted by Gasteiger charge is -1.98. The van der Waals surface area contributed by atoms with Crippen LogP contribution in [0.25, 0.3) is 0 Å². The van der Waals surface area contributed by atoms with Crippen molar-refractivity contribution in [2.75, 3.05) is 0 Å². The highest BCUT2D eigenvalue weighted by Crippen LogP contribution is 2.19. The summed E-state index contributed by atoms with van der Waals surface area (Å²) in [6, 6.07) is 0. The van der Waals surface area contributed by atoms with Crippen LogP contribution in [-0.2, 0) is 7.05 Å². The average molecular weight is 181 g/mol. The molecule has 4 nitrogen and oxygen atoms in total. The minimum atomic E-state index is -1.05. The third-order valence-corrected chi connectivity index (χ3v) is 2.36. The molecule has 0 amide bonds. The number of aldehydes is 1. The molecular weight excluding hydrogens is 170 g/mol. The number of aromatic carboxylic acids is 1. The van der Waals surface area contributed by atoms with Crippen LogP contribution < -0.4 is 0 Å². The monoisotopic (exact) mass is 181 g/mol. The first kappa shape index (κ1) is 9.51. The fourth-order valence-electron chi connectivity index (χ4n) is 1.39. The normalized spacial score (nSPS) is 10.1. The van der Waals surface area contributed by atoms with Gasteiger partial charge in [-0.2, -0.15) is 0 Å². The predicted octanol–water partition coefficient (Wildman–Crippen LogP) is 1.15. The molecule has 0 saturated carbocycles. The molecule has 0 atom stereocenters. The minimum absolute atomic E-state index is 0.106. The number of hydrogen-bond acceptors (Lipinski definition) is 2. The van der Waals surface area contributed by atoms with E-state index in [4.69, 9.17) is 5.11 Å². The van der Waals surface area contributed by atoms with Crippen molar-refractivity contribution in [3.8, 4) is 0 Å². The molecule has 13 heavy (non-hydrogen) atoms. The second-order valence-corrected chi connectivity index (χ2v) is 2.94. The van der Waals surface area contributed by atoms with Gasteiger partial charge in [-0.3, -0.25) is 4.79 Å². The Labute approximate surface area is 75.8 Å². The highest BCUT2D eigenvalue weighted by atomic mass is 16.4. The first-order valence-corrected chi connectivity index (χ1v) is 3.85. The highest BCUT2D eigenvalue weighted by Gasteiger charge is 2.20. The molecule has 1 heterocycles. The molecule has 1 N–H and O–H groups in total. The van der Waals surface area contributed by atoms with Crippen LogP contribution in [0.3, 0.4) is 0 Å². The number of hydrogen-bond donors (Lipinski definition) is 1. The zero-order valence-corrected chi connectivity index (χ0v) is 7.79. The Hall–Kier alpha value is -1.58. The van der Waals surface area contributed by atoms with Crippen LogP contribution >= 0.6 is 0 Å². The van der Waals surface area contributed by atoms with E-state index in [-0.39, 0.29) is 11.1 Å². The van der Waals surface area contributed by atoms with E-state index in [1.807, 2.05) is 0 Å². The largest absolute Gasteiger partial charge is 0.478 e. The van der Waals surface area contributed by atoms with Crippen LogP contribution in [0.2, 0.25) is 0 Å². The maximum absolute atomic E-state index is 10.8. The maximum atomic E-state index is 10.8. The fourth-order valence-corrected chi connectivity index (χ4v) is 1.39. The molecule has 70 valence electrons. The van der Waals surface area contributed by atoms with Gasteiger partial charge in [-0.1, -0.05) is 0 Å². The SMILES string of the molecule is Cc1c(C=O)c(C(=O)O)c(C)n1C. The van der Waals surface area contributed by atoms with Gasteiger partial charge in [0, 0.05) is 24.0 Å². The Bertz CT molecular complexity index is 377. The zero-order valence-electron chi connectivity index (χ0n) is 7.79. The van der Waals surface area contributed by atoms with Crippen LogP contribution in [-0.4, -0.2) is 21.9 Å². The number of aromatic nitrogens is 1. The molecule has 0 fully saturated rings. The Morgan fingerprint density at radius 2 is 1.92 bits per heavy atom. The van der Waals surface area contributed by atoms with Gasteiger partial charge < -0.3 is 9.67 Å². The van der Waals surface area contributed by atoms with Crippen LogP contribution in [0.15, 0.2) is 0 Å². The van der Waals surface area contributed by atoms with E-state index in [0.717, 1.165) is 0 Å². The van der Waals surface area contributed by atoms with Gasteiger partial charge in [0.1, 0.15) is 0 Å². The smallest absolute Gasteiger partial charge is 0.338 e. The summed E-state index contributed by atoms with van der Waals surface area (Å²) >= 11 is 0. The van der Waals surface area contributed by atoms with Crippen molar-refractivity contribution >= 4 is 12.3 Å². The van der Waals surface area contributed by atoms with Crippen molar-refractivity contribution in [1.29, 1.82) is 0 Å². The molecule has 0 aliphatic rings. The summed E-state index contributed by atoms with van der Waals surface area (Å²) in [6.45, 7) is 3.41. The van der Waals surface area contributed by atoms with Gasteiger partial charge in [0.2, 0.25) is 0 Å². The van der Waals surface area contributed by atoms with E-state index in [9.17, 15) is 9.59 Å². The van der Waals surface area contributed by atoms with E-state index in [2.05, 4.69) is 0 Å². The van der Waals surface area contributed by atoms with E-state index >= 15 is 0 Å². The molecule has 0 aromatic carbocycles. The van der Waals surface area contributed by atoms with Crippen LogP contribution in [0, 0.1) is 13.8 Å². The lowest BCUT2D eigenvalue weighted by Crippen LogP contribution is -2.01. The highest BCUT2D eigenvalue weighted by molar-refractivity contribution is 5.99. The molecule has 0 saturated heterocycles. The van der Waals surface area contributed by atoms with Gasteiger partial charge in [-0.05, 0) is 13.8 Å². The van der Waals surface area contributed by atoms with E-state index < -0.39 is 5.97 Å². The molecule has 0 bridgehead atoms. The Kier molecular flexibility index (Phi) is 2.23. The number of carbonyl (C=O) groups excluding carboxylic acids is 1. The zero-order chi connectivity index (χ0) is 10.2. The first-order chi connectivity index (χ1) is 6.00.